The average molecular weight is 263 g/mol. The second-order valence-corrected chi connectivity index (χ2v) is 4.32. The first-order chi connectivity index (χ1) is 9.17. The van der Waals surface area contributed by atoms with Crippen LogP contribution in [-0.2, 0) is 22.3 Å². The molecule has 0 atom stereocenters. The molecule has 1 aliphatic rings. The molecule has 0 bridgehead atoms. The first-order valence-corrected chi connectivity index (χ1v) is 6.34. The fraction of sp³-hybridized carbons (Fsp3) is 0.429. The molecule has 0 aliphatic heterocycles. The molecule has 0 saturated carbocycles. The van der Waals surface area contributed by atoms with E-state index in [0.29, 0.717) is 11.3 Å². The summed E-state index contributed by atoms with van der Waals surface area (Å²) in [5.41, 5.74) is 3.08. The molecule has 5 nitrogen and oxygen atoms in total. The van der Waals surface area contributed by atoms with Crippen LogP contribution in [0.3, 0.4) is 0 Å². The lowest BCUT2D eigenvalue weighted by molar-refractivity contribution is 0.0602. The number of methoxy groups -OCH3 is 1. The summed E-state index contributed by atoms with van der Waals surface area (Å²) < 4.78 is 9.62. The molecule has 0 saturated heterocycles. The zero-order valence-electron chi connectivity index (χ0n) is 11.1. The fourth-order valence-corrected chi connectivity index (χ4v) is 2.36. The third kappa shape index (κ3) is 2.70. The Hall–Kier alpha value is -2.04. The number of anilines is 1. The van der Waals surface area contributed by atoms with Gasteiger partial charge in [-0.1, -0.05) is 6.07 Å². The van der Waals surface area contributed by atoms with Crippen LogP contribution in [0, 0.1) is 0 Å². The van der Waals surface area contributed by atoms with Gasteiger partial charge < -0.3 is 9.47 Å². The minimum atomic E-state index is -0.548. The van der Waals surface area contributed by atoms with E-state index in [1.54, 1.807) is 13.0 Å². The van der Waals surface area contributed by atoms with Crippen LogP contribution >= 0.6 is 0 Å². The van der Waals surface area contributed by atoms with Crippen LogP contribution in [0.5, 0.6) is 0 Å². The van der Waals surface area contributed by atoms with Crippen molar-refractivity contribution in [3.8, 4) is 0 Å². The highest BCUT2D eigenvalue weighted by Crippen LogP contribution is 2.32. The molecule has 1 amide bonds. The zero-order chi connectivity index (χ0) is 13.8. The van der Waals surface area contributed by atoms with Crippen LogP contribution in [0.1, 0.15) is 34.8 Å². The maximum Gasteiger partial charge on any atom is 0.411 e. The Bertz CT molecular complexity index is 510. The third-order valence-electron chi connectivity index (χ3n) is 3.19. The molecule has 0 fully saturated rings. The lowest BCUT2D eigenvalue weighted by Crippen LogP contribution is -2.18. The van der Waals surface area contributed by atoms with Crippen molar-refractivity contribution in [2.75, 3.05) is 19.0 Å². The number of aryl methyl sites for hydroxylation is 1. The van der Waals surface area contributed by atoms with Gasteiger partial charge in [0.2, 0.25) is 0 Å². The molecular formula is C14H17NO4. The first-order valence-electron chi connectivity index (χ1n) is 6.34. The van der Waals surface area contributed by atoms with Gasteiger partial charge in [-0.05, 0) is 43.4 Å². The third-order valence-corrected chi connectivity index (χ3v) is 3.19. The van der Waals surface area contributed by atoms with Crippen molar-refractivity contribution in [2.24, 2.45) is 0 Å². The number of amides is 1. The molecule has 0 spiro atoms. The summed E-state index contributed by atoms with van der Waals surface area (Å²) in [6.07, 6.45) is 2.29. The summed E-state index contributed by atoms with van der Waals surface area (Å²) in [5, 5.41) is 2.67. The van der Waals surface area contributed by atoms with E-state index in [1.807, 2.05) is 6.07 Å². The number of carbonyl (C=O) groups excluding carboxylic acids is 2. The largest absolute Gasteiger partial charge is 0.465 e. The van der Waals surface area contributed by atoms with Crippen molar-refractivity contribution in [3.63, 3.8) is 0 Å². The molecule has 1 aromatic rings. The van der Waals surface area contributed by atoms with E-state index in [9.17, 15) is 9.59 Å². The number of rotatable bonds is 3. The van der Waals surface area contributed by atoms with Gasteiger partial charge in [-0.15, -0.1) is 0 Å². The fourth-order valence-electron chi connectivity index (χ4n) is 2.36. The van der Waals surface area contributed by atoms with E-state index >= 15 is 0 Å². The van der Waals surface area contributed by atoms with Crippen molar-refractivity contribution in [2.45, 2.75) is 26.2 Å². The Labute approximate surface area is 111 Å². The van der Waals surface area contributed by atoms with Gasteiger partial charge in [-0.2, -0.15) is 0 Å². The summed E-state index contributed by atoms with van der Waals surface area (Å²) in [7, 11) is 1.32. The molecule has 0 aromatic heterocycles. The first kappa shape index (κ1) is 13.4. The van der Waals surface area contributed by atoms with Crippen LogP contribution in [0.25, 0.3) is 0 Å². The normalized spacial score (nSPS) is 12.7. The highest BCUT2D eigenvalue weighted by Gasteiger charge is 2.23. The van der Waals surface area contributed by atoms with E-state index in [2.05, 4.69) is 5.32 Å². The number of hydrogen-bond acceptors (Lipinski definition) is 4. The van der Waals surface area contributed by atoms with Gasteiger partial charge in [0.05, 0.1) is 25.0 Å². The smallest absolute Gasteiger partial charge is 0.411 e. The summed E-state index contributed by atoms with van der Waals surface area (Å²) in [4.78, 5) is 23.3. The van der Waals surface area contributed by atoms with Gasteiger partial charge in [-0.3, -0.25) is 5.32 Å². The van der Waals surface area contributed by atoms with Gasteiger partial charge in [0.15, 0.2) is 0 Å². The Kier molecular flexibility index (Phi) is 4.04. The Morgan fingerprint density at radius 2 is 2.11 bits per heavy atom. The molecule has 5 heteroatoms. The van der Waals surface area contributed by atoms with Crippen molar-refractivity contribution < 1.29 is 19.1 Å². The van der Waals surface area contributed by atoms with Gasteiger partial charge in [-0.25, -0.2) is 9.59 Å². The summed E-state index contributed by atoms with van der Waals surface area (Å²) in [6, 6.07) is 3.61. The lowest BCUT2D eigenvalue weighted by Gasteiger charge is -2.14. The number of fused-ring (bicyclic) bond motifs is 1. The molecule has 1 aromatic carbocycles. The van der Waals surface area contributed by atoms with Crippen molar-refractivity contribution in [1.29, 1.82) is 0 Å². The van der Waals surface area contributed by atoms with Crippen LogP contribution in [0.15, 0.2) is 12.1 Å². The number of nitrogens with one attached hydrogen (secondary N) is 1. The number of ether oxygens (including phenoxy) is 2. The second-order valence-electron chi connectivity index (χ2n) is 4.32. The lowest BCUT2D eigenvalue weighted by atomic mass is 10.0. The Morgan fingerprint density at radius 1 is 1.32 bits per heavy atom. The monoisotopic (exact) mass is 263 g/mol. The highest BCUT2D eigenvalue weighted by atomic mass is 16.5. The predicted octanol–water partition coefficient (Wildman–Crippen LogP) is 2.53. The van der Waals surface area contributed by atoms with E-state index in [0.717, 1.165) is 24.8 Å². The van der Waals surface area contributed by atoms with E-state index < -0.39 is 12.1 Å². The number of hydrogen-bond donors (Lipinski definition) is 1. The van der Waals surface area contributed by atoms with Gasteiger partial charge in [0.25, 0.3) is 0 Å². The summed E-state index contributed by atoms with van der Waals surface area (Å²) in [5.74, 6) is -0.457. The molecule has 0 heterocycles. The van der Waals surface area contributed by atoms with Crippen LogP contribution < -0.4 is 5.32 Å². The Balaban J connectivity index is 2.39. The van der Waals surface area contributed by atoms with Crippen LogP contribution in [-0.4, -0.2) is 25.8 Å². The maximum absolute atomic E-state index is 11.8. The van der Waals surface area contributed by atoms with Crippen molar-refractivity contribution in [1.82, 2.24) is 0 Å². The minimum absolute atomic E-state index is 0.286. The summed E-state index contributed by atoms with van der Waals surface area (Å²) in [6.45, 7) is 2.02. The Morgan fingerprint density at radius 3 is 2.79 bits per heavy atom. The average Bonchev–Trinajstić information content (AvgIpc) is 2.87. The maximum atomic E-state index is 11.8. The topological polar surface area (TPSA) is 64.6 Å². The quantitative estimate of drug-likeness (QED) is 0.851. The molecule has 102 valence electrons. The second kappa shape index (κ2) is 5.73. The van der Waals surface area contributed by atoms with Crippen LogP contribution in [0.4, 0.5) is 10.5 Å². The molecule has 19 heavy (non-hydrogen) atoms. The number of carbonyl (C=O) groups is 2. The predicted molar refractivity (Wildman–Crippen MR) is 70.5 cm³/mol. The molecular weight excluding hydrogens is 246 g/mol. The van der Waals surface area contributed by atoms with Crippen LogP contribution in [0.2, 0.25) is 0 Å². The standard InChI is InChI=1S/C14H17NO4/c1-3-19-14(17)15-12-10-6-4-5-9(10)7-8-11(12)13(16)18-2/h7-8H,3-6H2,1-2H3,(H,15,17). The van der Waals surface area contributed by atoms with Gasteiger partial charge in [0, 0.05) is 0 Å². The number of benzene rings is 1. The van der Waals surface area contributed by atoms with E-state index in [1.165, 1.54) is 12.7 Å². The molecule has 0 radical (unpaired) electrons. The van der Waals surface area contributed by atoms with Crippen molar-refractivity contribution >= 4 is 17.7 Å². The van der Waals surface area contributed by atoms with Crippen molar-refractivity contribution in [3.05, 3.63) is 28.8 Å². The molecule has 1 N–H and O–H groups in total. The molecule has 1 aliphatic carbocycles. The molecule has 2 rings (SSSR count). The molecule has 0 unspecified atom stereocenters. The zero-order valence-corrected chi connectivity index (χ0v) is 11.1. The highest BCUT2D eigenvalue weighted by molar-refractivity contribution is 6.01. The number of esters is 1. The van der Waals surface area contributed by atoms with Gasteiger partial charge in [0.1, 0.15) is 0 Å². The summed E-state index contributed by atoms with van der Waals surface area (Å²) >= 11 is 0. The van der Waals surface area contributed by atoms with E-state index in [-0.39, 0.29) is 6.61 Å². The SMILES string of the molecule is CCOC(=O)Nc1c(C(=O)OC)ccc2c1CCC2. The van der Waals surface area contributed by atoms with E-state index in [4.69, 9.17) is 9.47 Å². The van der Waals surface area contributed by atoms with Gasteiger partial charge >= 0.3 is 12.1 Å². The minimum Gasteiger partial charge on any atom is -0.465 e.